The second-order valence-electron chi connectivity index (χ2n) is 6.38. The molecule has 0 heterocycles. The van der Waals surface area contributed by atoms with Crippen molar-refractivity contribution in [3.05, 3.63) is 28.7 Å². The Morgan fingerprint density at radius 1 is 1.24 bits per heavy atom. The molecule has 0 spiro atoms. The summed E-state index contributed by atoms with van der Waals surface area (Å²) < 4.78 is 11.3. The van der Waals surface area contributed by atoms with Crippen molar-refractivity contribution in [3.63, 3.8) is 0 Å². The van der Waals surface area contributed by atoms with Crippen LogP contribution < -0.4 is 15.4 Å². The molecular weight excluding hydrogens is 392 g/mol. The average molecular weight is 415 g/mol. The van der Waals surface area contributed by atoms with Crippen LogP contribution in [0.3, 0.4) is 0 Å². The van der Waals surface area contributed by atoms with E-state index in [0.29, 0.717) is 5.75 Å². The highest BCUT2D eigenvalue weighted by atomic mass is 79.9. The molecule has 0 bridgehead atoms. The molecule has 3 amide bonds. The van der Waals surface area contributed by atoms with Gasteiger partial charge in [0.25, 0.3) is 5.91 Å². The maximum absolute atomic E-state index is 11.8. The van der Waals surface area contributed by atoms with E-state index in [9.17, 15) is 14.4 Å². The third-order valence-corrected chi connectivity index (χ3v) is 3.27. The van der Waals surface area contributed by atoms with Crippen molar-refractivity contribution < 1.29 is 23.9 Å². The van der Waals surface area contributed by atoms with Gasteiger partial charge in [-0.2, -0.15) is 0 Å². The minimum atomic E-state index is -1.08. The second kappa shape index (κ2) is 9.41. The maximum Gasteiger partial charge on any atom is 0.321 e. The Balaban J connectivity index is 2.33. The van der Waals surface area contributed by atoms with Crippen LogP contribution in [0.4, 0.5) is 4.79 Å². The summed E-state index contributed by atoms with van der Waals surface area (Å²) in [6, 6.07) is 6.57. The molecule has 8 heteroatoms. The van der Waals surface area contributed by atoms with Gasteiger partial charge in [-0.15, -0.1) is 0 Å². The van der Waals surface area contributed by atoms with Crippen LogP contribution in [0, 0.1) is 0 Å². The van der Waals surface area contributed by atoms with Gasteiger partial charge in [0.15, 0.2) is 6.10 Å². The lowest BCUT2D eigenvalue weighted by Crippen LogP contribution is -2.50. The van der Waals surface area contributed by atoms with Gasteiger partial charge in [0.2, 0.25) is 0 Å². The molecule has 1 aromatic carbocycles. The quantitative estimate of drug-likeness (QED) is 0.697. The van der Waals surface area contributed by atoms with E-state index in [1.54, 1.807) is 32.9 Å². The summed E-state index contributed by atoms with van der Waals surface area (Å²) >= 11 is 3.32. The molecule has 1 atom stereocenters. The van der Waals surface area contributed by atoms with E-state index in [4.69, 9.17) is 9.47 Å². The average Bonchev–Trinajstić information content (AvgIpc) is 2.45. The molecule has 138 valence electrons. The van der Waals surface area contributed by atoms with E-state index >= 15 is 0 Å². The number of urea groups is 1. The Morgan fingerprint density at radius 3 is 2.52 bits per heavy atom. The largest absolute Gasteiger partial charge is 0.493 e. The molecule has 0 fully saturated rings. The van der Waals surface area contributed by atoms with E-state index in [-0.39, 0.29) is 13.0 Å². The molecule has 0 unspecified atom stereocenters. The van der Waals surface area contributed by atoms with Gasteiger partial charge < -0.3 is 14.8 Å². The lowest BCUT2D eigenvalue weighted by atomic mass is 10.1. The number of imide groups is 1. The molecule has 0 saturated heterocycles. The van der Waals surface area contributed by atoms with Crippen LogP contribution in [0.25, 0.3) is 0 Å². The predicted octanol–water partition coefficient (Wildman–Crippen LogP) is 2.77. The van der Waals surface area contributed by atoms with Gasteiger partial charge in [0.1, 0.15) is 5.75 Å². The fraction of sp³-hybridized carbons (Fsp3) is 0.471. The fourth-order valence-corrected chi connectivity index (χ4v) is 2.08. The molecule has 0 aliphatic carbocycles. The van der Waals surface area contributed by atoms with E-state index < -0.39 is 29.6 Å². The Bertz CT molecular complexity index is 628. The molecule has 2 N–H and O–H groups in total. The number of halogens is 1. The summed E-state index contributed by atoms with van der Waals surface area (Å²) in [7, 11) is 0. The van der Waals surface area contributed by atoms with Crippen LogP contribution in [-0.2, 0) is 14.3 Å². The van der Waals surface area contributed by atoms with Crippen molar-refractivity contribution in [2.24, 2.45) is 0 Å². The molecule has 0 saturated carbocycles. The number of esters is 1. The van der Waals surface area contributed by atoms with E-state index in [1.165, 1.54) is 6.92 Å². The number of ether oxygens (including phenoxy) is 2. The van der Waals surface area contributed by atoms with E-state index in [2.05, 4.69) is 26.6 Å². The number of benzene rings is 1. The highest BCUT2D eigenvalue weighted by molar-refractivity contribution is 9.10. The summed E-state index contributed by atoms with van der Waals surface area (Å²) in [5, 5.41) is 4.71. The first-order chi connectivity index (χ1) is 11.6. The van der Waals surface area contributed by atoms with Gasteiger partial charge in [0.05, 0.1) is 13.0 Å². The zero-order valence-electron chi connectivity index (χ0n) is 14.7. The van der Waals surface area contributed by atoms with Crippen LogP contribution in [0.5, 0.6) is 5.75 Å². The van der Waals surface area contributed by atoms with E-state index in [1.807, 2.05) is 12.1 Å². The minimum absolute atomic E-state index is 0.0156. The number of amides is 3. The van der Waals surface area contributed by atoms with Crippen LogP contribution in [0.15, 0.2) is 28.7 Å². The summed E-state index contributed by atoms with van der Waals surface area (Å²) in [6.45, 7) is 6.87. The van der Waals surface area contributed by atoms with Crippen LogP contribution in [0.1, 0.15) is 34.1 Å². The molecule has 25 heavy (non-hydrogen) atoms. The first kappa shape index (κ1) is 21.0. The van der Waals surface area contributed by atoms with Crippen molar-refractivity contribution in [2.75, 3.05) is 6.61 Å². The first-order valence-corrected chi connectivity index (χ1v) is 8.57. The van der Waals surface area contributed by atoms with Crippen molar-refractivity contribution in [1.82, 2.24) is 10.6 Å². The van der Waals surface area contributed by atoms with Crippen LogP contribution in [-0.4, -0.2) is 36.2 Å². The van der Waals surface area contributed by atoms with Crippen molar-refractivity contribution >= 4 is 33.8 Å². The summed E-state index contributed by atoms with van der Waals surface area (Å²) in [6.07, 6.45) is -1.10. The van der Waals surface area contributed by atoms with Gasteiger partial charge in [-0.25, -0.2) is 4.79 Å². The van der Waals surface area contributed by atoms with Crippen molar-refractivity contribution in [1.29, 1.82) is 0 Å². The second-order valence-corrected chi connectivity index (χ2v) is 7.30. The molecule has 1 rings (SSSR count). The van der Waals surface area contributed by atoms with Gasteiger partial charge in [-0.1, -0.05) is 22.0 Å². The third-order valence-electron chi connectivity index (χ3n) is 2.77. The molecule has 0 aromatic heterocycles. The smallest absolute Gasteiger partial charge is 0.321 e. The lowest BCUT2D eigenvalue weighted by Gasteiger charge is -2.21. The SMILES string of the molecule is C[C@@H](OC(=O)CCOc1cccc(Br)c1)C(=O)NC(=O)NC(C)(C)C. The normalized spacial score (nSPS) is 12.0. The standard InChI is InChI=1S/C17H23BrN2O5/c1-11(15(22)19-16(23)20-17(2,3)4)25-14(21)8-9-24-13-7-5-6-12(18)10-13/h5-7,10-11H,8-9H2,1-4H3,(H2,19,20,22,23)/t11-/m1/s1. The summed E-state index contributed by atoms with van der Waals surface area (Å²) in [5.41, 5.74) is -0.478. The van der Waals surface area contributed by atoms with E-state index in [0.717, 1.165) is 4.47 Å². The molecular formula is C17H23BrN2O5. The maximum atomic E-state index is 11.8. The first-order valence-electron chi connectivity index (χ1n) is 7.77. The Morgan fingerprint density at radius 2 is 1.92 bits per heavy atom. The molecule has 0 aliphatic heterocycles. The van der Waals surface area contributed by atoms with Crippen molar-refractivity contribution in [2.45, 2.75) is 45.8 Å². The number of carbonyl (C=O) groups excluding carboxylic acids is 3. The fourth-order valence-electron chi connectivity index (χ4n) is 1.70. The Labute approximate surface area is 155 Å². The number of carbonyl (C=O) groups is 3. The number of nitrogens with one attached hydrogen (secondary N) is 2. The van der Waals surface area contributed by atoms with Crippen LogP contribution >= 0.6 is 15.9 Å². The lowest BCUT2D eigenvalue weighted by molar-refractivity contribution is -0.154. The number of rotatable bonds is 6. The number of hydrogen-bond donors (Lipinski definition) is 2. The highest BCUT2D eigenvalue weighted by Crippen LogP contribution is 2.17. The monoisotopic (exact) mass is 414 g/mol. The molecule has 0 radical (unpaired) electrons. The Kier molecular flexibility index (Phi) is 7.89. The van der Waals surface area contributed by atoms with Crippen molar-refractivity contribution in [3.8, 4) is 5.75 Å². The topological polar surface area (TPSA) is 93.7 Å². The summed E-state index contributed by atoms with van der Waals surface area (Å²) in [4.78, 5) is 35.2. The number of hydrogen-bond acceptors (Lipinski definition) is 5. The third kappa shape index (κ3) is 9.09. The van der Waals surface area contributed by atoms with Gasteiger partial charge >= 0.3 is 12.0 Å². The van der Waals surface area contributed by atoms with Crippen LogP contribution in [0.2, 0.25) is 0 Å². The summed E-state index contributed by atoms with van der Waals surface area (Å²) in [5.74, 6) is -0.663. The molecule has 0 aliphatic rings. The molecule has 7 nitrogen and oxygen atoms in total. The van der Waals surface area contributed by atoms with Gasteiger partial charge in [-0.05, 0) is 45.9 Å². The molecule has 1 aromatic rings. The minimum Gasteiger partial charge on any atom is -0.493 e. The zero-order chi connectivity index (χ0) is 19.0. The van der Waals surface area contributed by atoms with Gasteiger partial charge in [0, 0.05) is 10.0 Å². The zero-order valence-corrected chi connectivity index (χ0v) is 16.3. The Hall–Kier alpha value is -2.09. The highest BCUT2D eigenvalue weighted by Gasteiger charge is 2.22. The van der Waals surface area contributed by atoms with Gasteiger partial charge in [-0.3, -0.25) is 14.9 Å². The predicted molar refractivity (Wildman–Crippen MR) is 96.2 cm³/mol.